The second-order valence-electron chi connectivity index (χ2n) is 3.45. The quantitative estimate of drug-likeness (QED) is 0.853. The molecule has 0 amide bonds. The summed E-state index contributed by atoms with van der Waals surface area (Å²) in [4.78, 5) is 3.85. The zero-order valence-electron chi connectivity index (χ0n) is 8.58. The minimum atomic E-state index is -0.688. The van der Waals surface area contributed by atoms with Gasteiger partial charge in [-0.15, -0.1) is 0 Å². The van der Waals surface area contributed by atoms with Crippen LogP contribution in [0.4, 0.5) is 8.78 Å². The van der Waals surface area contributed by atoms with Crippen molar-refractivity contribution in [3.05, 3.63) is 41.9 Å². The average Bonchev–Trinajstić information content (AvgIpc) is 2.66. The molecule has 1 atom stereocenters. The molecule has 0 fully saturated rings. The number of halogens is 2. The number of oxazole rings is 1. The van der Waals surface area contributed by atoms with Gasteiger partial charge in [-0.05, 0) is 19.1 Å². The van der Waals surface area contributed by atoms with Crippen molar-refractivity contribution in [1.82, 2.24) is 4.98 Å². The number of rotatable bonds is 2. The second-order valence-corrected chi connectivity index (χ2v) is 3.45. The molecule has 2 rings (SSSR count). The van der Waals surface area contributed by atoms with E-state index in [9.17, 15) is 8.78 Å². The van der Waals surface area contributed by atoms with Gasteiger partial charge in [-0.25, -0.2) is 13.8 Å². The van der Waals surface area contributed by atoms with Crippen LogP contribution in [0.1, 0.15) is 18.9 Å². The van der Waals surface area contributed by atoms with Crippen LogP contribution < -0.4 is 5.73 Å². The van der Waals surface area contributed by atoms with Crippen LogP contribution in [0.25, 0.3) is 11.3 Å². The average molecular weight is 224 g/mol. The SMILES string of the molecule is CC(N)c1ncc(-c2c(F)cccc2F)o1. The number of nitrogens with zero attached hydrogens (tertiary/aromatic N) is 1. The largest absolute Gasteiger partial charge is 0.439 e. The molecule has 2 aromatic rings. The highest BCUT2D eigenvalue weighted by atomic mass is 19.1. The molecule has 0 saturated carbocycles. The maximum atomic E-state index is 13.4. The summed E-state index contributed by atoms with van der Waals surface area (Å²) < 4.78 is 32.0. The predicted octanol–water partition coefficient (Wildman–Crippen LogP) is 2.64. The molecule has 3 nitrogen and oxygen atoms in total. The zero-order chi connectivity index (χ0) is 11.7. The minimum Gasteiger partial charge on any atom is -0.439 e. The third-order valence-corrected chi connectivity index (χ3v) is 2.12. The molecule has 0 aliphatic carbocycles. The summed E-state index contributed by atoms with van der Waals surface area (Å²) in [6, 6.07) is 3.19. The highest BCUT2D eigenvalue weighted by molar-refractivity contribution is 5.58. The van der Waals surface area contributed by atoms with Crippen LogP contribution in [0.2, 0.25) is 0 Å². The molecule has 2 N–H and O–H groups in total. The summed E-state index contributed by atoms with van der Waals surface area (Å²) in [6.07, 6.45) is 1.26. The summed E-state index contributed by atoms with van der Waals surface area (Å²) in [5.74, 6) is -1.08. The number of hydrogen-bond acceptors (Lipinski definition) is 3. The Morgan fingerprint density at radius 1 is 1.31 bits per heavy atom. The van der Waals surface area contributed by atoms with E-state index in [1.807, 2.05) is 0 Å². The fourth-order valence-corrected chi connectivity index (χ4v) is 1.35. The van der Waals surface area contributed by atoms with E-state index in [-0.39, 0.29) is 17.2 Å². The van der Waals surface area contributed by atoms with E-state index in [4.69, 9.17) is 10.2 Å². The zero-order valence-corrected chi connectivity index (χ0v) is 8.58. The fourth-order valence-electron chi connectivity index (χ4n) is 1.35. The monoisotopic (exact) mass is 224 g/mol. The Hall–Kier alpha value is -1.75. The third kappa shape index (κ3) is 1.81. The molecule has 1 heterocycles. The van der Waals surface area contributed by atoms with E-state index in [1.165, 1.54) is 12.3 Å². The van der Waals surface area contributed by atoms with Gasteiger partial charge in [0.05, 0.1) is 17.8 Å². The Kier molecular flexibility index (Phi) is 2.70. The molecule has 0 radical (unpaired) electrons. The third-order valence-electron chi connectivity index (χ3n) is 2.12. The molecule has 0 bridgehead atoms. The standard InChI is InChI=1S/C11H10F2N2O/c1-6(14)11-15-5-9(16-11)10-7(12)3-2-4-8(10)13/h2-6H,14H2,1H3. The maximum absolute atomic E-state index is 13.4. The lowest BCUT2D eigenvalue weighted by Gasteiger charge is -2.01. The summed E-state index contributed by atoms with van der Waals surface area (Å²) in [5.41, 5.74) is 5.32. The van der Waals surface area contributed by atoms with E-state index in [0.717, 1.165) is 12.1 Å². The van der Waals surface area contributed by atoms with Gasteiger partial charge in [-0.1, -0.05) is 6.07 Å². The molecule has 1 aromatic heterocycles. The Labute approximate surface area is 90.9 Å². The summed E-state index contributed by atoms with van der Waals surface area (Å²) in [6.45, 7) is 1.67. The van der Waals surface area contributed by atoms with Crippen molar-refractivity contribution < 1.29 is 13.2 Å². The Bertz CT molecular complexity index is 488. The Morgan fingerprint density at radius 2 is 1.94 bits per heavy atom. The van der Waals surface area contributed by atoms with Gasteiger partial charge in [0.15, 0.2) is 5.76 Å². The van der Waals surface area contributed by atoms with E-state index in [2.05, 4.69) is 4.98 Å². The first-order chi connectivity index (χ1) is 7.59. The Morgan fingerprint density at radius 3 is 2.44 bits per heavy atom. The first kappa shape index (κ1) is 10.8. The molecular formula is C11H10F2N2O. The van der Waals surface area contributed by atoms with Gasteiger partial charge in [-0.3, -0.25) is 0 Å². The van der Waals surface area contributed by atoms with Crippen molar-refractivity contribution >= 4 is 0 Å². The molecular weight excluding hydrogens is 214 g/mol. The lowest BCUT2D eigenvalue weighted by molar-refractivity contribution is 0.467. The lowest BCUT2D eigenvalue weighted by Crippen LogP contribution is -2.04. The first-order valence-corrected chi connectivity index (χ1v) is 4.75. The fraction of sp³-hybridized carbons (Fsp3) is 0.182. The minimum absolute atomic E-state index is 0.0444. The highest BCUT2D eigenvalue weighted by Gasteiger charge is 2.16. The van der Waals surface area contributed by atoms with Crippen molar-refractivity contribution in [2.24, 2.45) is 5.73 Å². The molecule has 0 aliphatic rings. The molecule has 0 spiro atoms. The maximum Gasteiger partial charge on any atom is 0.211 e. The van der Waals surface area contributed by atoms with Crippen LogP contribution in [0, 0.1) is 11.6 Å². The predicted molar refractivity (Wildman–Crippen MR) is 54.5 cm³/mol. The molecule has 0 aliphatic heterocycles. The van der Waals surface area contributed by atoms with Crippen LogP contribution in [0.3, 0.4) is 0 Å². The van der Waals surface area contributed by atoms with E-state index >= 15 is 0 Å². The van der Waals surface area contributed by atoms with E-state index in [0.29, 0.717) is 0 Å². The second kappa shape index (κ2) is 4.02. The summed E-state index contributed by atoms with van der Waals surface area (Å²) in [7, 11) is 0. The van der Waals surface area contributed by atoms with Crippen LogP contribution >= 0.6 is 0 Å². The molecule has 1 aromatic carbocycles. The van der Waals surface area contributed by atoms with Crippen LogP contribution in [-0.2, 0) is 0 Å². The van der Waals surface area contributed by atoms with Crippen LogP contribution in [0.5, 0.6) is 0 Å². The van der Waals surface area contributed by atoms with Crippen LogP contribution in [0.15, 0.2) is 28.8 Å². The molecule has 1 unspecified atom stereocenters. The Balaban J connectivity index is 2.50. The summed E-state index contributed by atoms with van der Waals surface area (Å²) >= 11 is 0. The van der Waals surface area contributed by atoms with Crippen LogP contribution in [-0.4, -0.2) is 4.98 Å². The lowest BCUT2D eigenvalue weighted by atomic mass is 10.1. The molecule has 16 heavy (non-hydrogen) atoms. The highest BCUT2D eigenvalue weighted by Crippen LogP contribution is 2.27. The number of benzene rings is 1. The van der Waals surface area contributed by atoms with Gasteiger partial charge in [0, 0.05) is 0 Å². The number of aromatic nitrogens is 1. The van der Waals surface area contributed by atoms with E-state index in [1.54, 1.807) is 6.92 Å². The van der Waals surface area contributed by atoms with Crippen molar-refractivity contribution in [1.29, 1.82) is 0 Å². The molecule has 0 saturated heterocycles. The smallest absolute Gasteiger partial charge is 0.211 e. The molecule has 84 valence electrons. The van der Waals surface area contributed by atoms with Crippen molar-refractivity contribution in [2.75, 3.05) is 0 Å². The topological polar surface area (TPSA) is 52.0 Å². The number of hydrogen-bond donors (Lipinski definition) is 1. The van der Waals surface area contributed by atoms with Gasteiger partial charge < -0.3 is 10.2 Å². The van der Waals surface area contributed by atoms with Crippen molar-refractivity contribution in [3.8, 4) is 11.3 Å². The van der Waals surface area contributed by atoms with Gasteiger partial charge in [-0.2, -0.15) is 0 Å². The number of nitrogens with two attached hydrogens (primary N) is 1. The van der Waals surface area contributed by atoms with Crippen molar-refractivity contribution in [3.63, 3.8) is 0 Å². The summed E-state index contributed by atoms with van der Waals surface area (Å²) in [5, 5.41) is 0. The van der Waals surface area contributed by atoms with Gasteiger partial charge in [0.25, 0.3) is 0 Å². The van der Waals surface area contributed by atoms with Gasteiger partial charge in [0.1, 0.15) is 11.6 Å². The molecule has 5 heteroatoms. The van der Waals surface area contributed by atoms with E-state index < -0.39 is 17.7 Å². The first-order valence-electron chi connectivity index (χ1n) is 4.75. The van der Waals surface area contributed by atoms with Crippen molar-refractivity contribution in [2.45, 2.75) is 13.0 Å². The van der Waals surface area contributed by atoms with Gasteiger partial charge >= 0.3 is 0 Å². The normalized spacial score (nSPS) is 12.8. The van der Waals surface area contributed by atoms with Gasteiger partial charge in [0.2, 0.25) is 5.89 Å².